The van der Waals surface area contributed by atoms with Gasteiger partial charge in [-0.05, 0) is 48.9 Å². The second-order valence-corrected chi connectivity index (χ2v) is 8.42. The predicted molar refractivity (Wildman–Crippen MR) is 120 cm³/mol. The zero-order valence-corrected chi connectivity index (χ0v) is 18.1. The van der Waals surface area contributed by atoms with Crippen molar-refractivity contribution in [2.24, 2.45) is 0 Å². The van der Waals surface area contributed by atoms with E-state index in [-0.39, 0.29) is 17.9 Å². The van der Waals surface area contributed by atoms with Crippen LogP contribution in [0.15, 0.2) is 48.5 Å². The van der Waals surface area contributed by atoms with E-state index in [1.54, 1.807) is 24.6 Å². The molecule has 159 valence electrons. The minimum atomic E-state index is -1.15. The van der Waals surface area contributed by atoms with Crippen LogP contribution >= 0.6 is 11.6 Å². The van der Waals surface area contributed by atoms with Gasteiger partial charge in [0.1, 0.15) is 12.4 Å². The van der Waals surface area contributed by atoms with Gasteiger partial charge >= 0.3 is 0 Å². The summed E-state index contributed by atoms with van der Waals surface area (Å²) in [6, 6.07) is 15.1. The fourth-order valence-electron chi connectivity index (χ4n) is 4.19. The Kier molecular flexibility index (Phi) is 7.68. The van der Waals surface area contributed by atoms with Crippen LogP contribution in [-0.2, 0) is 11.4 Å². The number of ether oxygens (including phenoxy) is 1. The standard InChI is InChI=1S/C25H29ClNO3/c1-2-9-21(27)24(28)23(25(29)14-7-4-8-15-25)19-12-13-22(20(26)16-19)30-17-18-10-5-3-6-11-18/h2-3,5-6,10-13,16,23,27,29H,4,7-9,14-15,17H2,1H3. The average molecular weight is 427 g/mol. The second-order valence-electron chi connectivity index (χ2n) is 8.02. The molecule has 3 rings (SSSR count). The van der Waals surface area contributed by atoms with Gasteiger partial charge in [-0.15, -0.1) is 0 Å². The van der Waals surface area contributed by atoms with E-state index in [2.05, 4.69) is 0 Å². The lowest BCUT2D eigenvalue weighted by atomic mass is 9.70. The van der Waals surface area contributed by atoms with Gasteiger partial charge in [-0.3, -0.25) is 4.79 Å². The Labute approximate surface area is 183 Å². The number of ketones is 1. The molecule has 0 aliphatic heterocycles. The third-order valence-electron chi connectivity index (χ3n) is 5.75. The molecule has 1 radical (unpaired) electrons. The largest absolute Gasteiger partial charge is 0.487 e. The number of rotatable bonds is 9. The maximum atomic E-state index is 13.2. The fourth-order valence-corrected chi connectivity index (χ4v) is 4.43. The monoisotopic (exact) mass is 426 g/mol. The lowest BCUT2D eigenvalue weighted by Crippen LogP contribution is -2.44. The molecule has 1 aliphatic rings. The van der Waals surface area contributed by atoms with Crippen LogP contribution in [0.3, 0.4) is 0 Å². The third-order valence-corrected chi connectivity index (χ3v) is 6.05. The van der Waals surface area contributed by atoms with Crippen molar-refractivity contribution in [3.05, 3.63) is 71.1 Å². The molecule has 4 nitrogen and oxygen atoms in total. The molecule has 0 aromatic heterocycles. The lowest BCUT2D eigenvalue weighted by Gasteiger charge is -2.39. The van der Waals surface area contributed by atoms with Crippen molar-refractivity contribution in [2.45, 2.75) is 63.6 Å². The number of nitrogens with one attached hydrogen (secondary N) is 1. The molecular weight excluding hydrogens is 398 g/mol. The zero-order valence-electron chi connectivity index (χ0n) is 17.4. The van der Waals surface area contributed by atoms with Crippen molar-refractivity contribution in [1.82, 2.24) is 0 Å². The summed E-state index contributed by atoms with van der Waals surface area (Å²) < 4.78 is 5.85. The van der Waals surface area contributed by atoms with Crippen molar-refractivity contribution in [2.75, 3.05) is 0 Å². The first kappa shape index (κ1) is 22.5. The van der Waals surface area contributed by atoms with Crippen LogP contribution in [0.25, 0.3) is 0 Å². The van der Waals surface area contributed by atoms with E-state index in [1.165, 1.54) is 0 Å². The van der Waals surface area contributed by atoms with Gasteiger partial charge in [0, 0.05) is 0 Å². The molecule has 0 bridgehead atoms. The molecule has 30 heavy (non-hydrogen) atoms. The number of carbonyl (C=O) groups is 1. The summed E-state index contributed by atoms with van der Waals surface area (Å²) in [5.74, 6) is -0.583. The van der Waals surface area contributed by atoms with Crippen LogP contribution in [0.5, 0.6) is 5.75 Å². The number of hydrogen-bond donors (Lipinski definition) is 2. The van der Waals surface area contributed by atoms with Crippen LogP contribution in [0.4, 0.5) is 0 Å². The Morgan fingerprint density at radius 2 is 1.90 bits per heavy atom. The summed E-state index contributed by atoms with van der Waals surface area (Å²) in [5, 5.41) is 20.0. The molecule has 1 atom stereocenters. The van der Waals surface area contributed by atoms with Crippen molar-refractivity contribution in [1.29, 1.82) is 5.41 Å². The smallest absolute Gasteiger partial charge is 0.186 e. The number of Topliss-reactive ketones (excluding diaryl/α,β-unsaturated/α-hetero) is 1. The quantitative estimate of drug-likeness (QED) is 0.490. The Morgan fingerprint density at radius 3 is 2.53 bits per heavy atom. The molecule has 0 spiro atoms. The number of carbonyl (C=O) groups excluding carboxylic acids is 1. The van der Waals surface area contributed by atoms with Crippen molar-refractivity contribution in [3.63, 3.8) is 0 Å². The van der Waals surface area contributed by atoms with Crippen LogP contribution in [0.1, 0.15) is 62.5 Å². The first-order valence-corrected chi connectivity index (χ1v) is 10.9. The second kappa shape index (κ2) is 10.2. The van der Waals surface area contributed by atoms with E-state index >= 15 is 0 Å². The number of aliphatic hydroxyl groups is 1. The van der Waals surface area contributed by atoms with Gasteiger partial charge in [-0.2, -0.15) is 0 Å². The highest BCUT2D eigenvalue weighted by atomic mass is 35.5. The number of halogens is 1. The minimum Gasteiger partial charge on any atom is -0.487 e. The Balaban J connectivity index is 1.86. The highest BCUT2D eigenvalue weighted by Crippen LogP contribution is 2.42. The Hall–Kier alpha value is -2.17. The first-order chi connectivity index (χ1) is 14.4. The molecule has 1 aliphatic carbocycles. The normalized spacial score (nSPS) is 16.6. The van der Waals surface area contributed by atoms with Gasteiger partial charge in [0.05, 0.1) is 22.3 Å². The van der Waals surface area contributed by atoms with Crippen molar-refractivity contribution < 1.29 is 14.6 Å². The average Bonchev–Trinajstić information content (AvgIpc) is 2.74. The van der Waals surface area contributed by atoms with Gasteiger partial charge < -0.3 is 15.3 Å². The van der Waals surface area contributed by atoms with E-state index < -0.39 is 11.5 Å². The van der Waals surface area contributed by atoms with Crippen LogP contribution in [-0.4, -0.2) is 22.2 Å². The molecule has 1 fully saturated rings. The molecule has 1 unspecified atom stereocenters. The molecule has 1 saturated carbocycles. The van der Waals surface area contributed by atoms with Gasteiger partial charge in [-0.25, -0.2) is 0 Å². The summed E-state index contributed by atoms with van der Waals surface area (Å²) in [6.07, 6.45) is 5.98. The third kappa shape index (κ3) is 5.30. The summed E-state index contributed by atoms with van der Waals surface area (Å²) >= 11 is 6.49. The summed E-state index contributed by atoms with van der Waals surface area (Å²) in [4.78, 5) is 13.2. The molecule has 2 N–H and O–H groups in total. The van der Waals surface area contributed by atoms with Gasteiger partial charge in [0.15, 0.2) is 5.78 Å². The van der Waals surface area contributed by atoms with Crippen molar-refractivity contribution in [3.8, 4) is 5.75 Å². The summed E-state index contributed by atoms with van der Waals surface area (Å²) in [5.41, 5.74) is 0.543. The van der Waals surface area contributed by atoms with Gasteiger partial charge in [0.2, 0.25) is 0 Å². The Morgan fingerprint density at radius 1 is 1.20 bits per heavy atom. The molecule has 0 amide bonds. The van der Waals surface area contributed by atoms with E-state index in [9.17, 15) is 9.90 Å². The van der Waals surface area contributed by atoms with E-state index in [1.807, 2.05) is 37.3 Å². The highest BCUT2D eigenvalue weighted by molar-refractivity contribution is 6.41. The number of hydrogen-bond acceptors (Lipinski definition) is 4. The van der Waals surface area contributed by atoms with E-state index in [0.29, 0.717) is 35.8 Å². The minimum absolute atomic E-state index is 0.0158. The summed E-state index contributed by atoms with van der Waals surface area (Å²) in [6.45, 7) is 2.21. The predicted octanol–water partition coefficient (Wildman–Crippen LogP) is 5.90. The Bertz CT molecular complexity index is 875. The van der Waals surface area contributed by atoms with Crippen LogP contribution in [0, 0.1) is 11.8 Å². The SMILES string of the molecule is C[CH]CC(=N)C(=O)C(c1ccc(OCc2ccccc2)c(Cl)c1)C1(O)CCCCC1. The molecule has 2 aromatic rings. The summed E-state index contributed by atoms with van der Waals surface area (Å²) in [7, 11) is 0. The first-order valence-electron chi connectivity index (χ1n) is 10.5. The topological polar surface area (TPSA) is 70.4 Å². The molecule has 0 saturated heterocycles. The maximum Gasteiger partial charge on any atom is 0.186 e. The number of benzene rings is 2. The maximum absolute atomic E-state index is 13.2. The van der Waals surface area contributed by atoms with E-state index in [4.69, 9.17) is 21.7 Å². The molecule has 5 heteroatoms. The fraction of sp³-hybridized carbons (Fsp3) is 0.400. The zero-order chi connectivity index (χ0) is 21.6. The molecule has 2 aromatic carbocycles. The van der Waals surface area contributed by atoms with Crippen LogP contribution < -0.4 is 4.74 Å². The van der Waals surface area contributed by atoms with E-state index in [0.717, 1.165) is 24.8 Å². The van der Waals surface area contributed by atoms with Crippen LogP contribution in [0.2, 0.25) is 5.02 Å². The van der Waals surface area contributed by atoms with Gasteiger partial charge in [-0.1, -0.05) is 74.2 Å². The van der Waals surface area contributed by atoms with Crippen molar-refractivity contribution >= 4 is 23.1 Å². The molecule has 0 heterocycles. The molecular formula is C25H29ClNO3. The highest BCUT2D eigenvalue weighted by Gasteiger charge is 2.44. The lowest BCUT2D eigenvalue weighted by molar-refractivity contribution is -0.122. The van der Waals surface area contributed by atoms with Gasteiger partial charge in [0.25, 0.3) is 0 Å².